The third-order valence-corrected chi connectivity index (χ3v) is 8.68. The lowest BCUT2D eigenvalue weighted by Crippen LogP contribution is -2.46. The molecule has 2 amide bonds. The summed E-state index contributed by atoms with van der Waals surface area (Å²) in [5.74, 6) is -1.80. The molecular weight excluding hydrogens is 551 g/mol. The van der Waals surface area contributed by atoms with Gasteiger partial charge in [0, 0.05) is 11.6 Å². The largest absolute Gasteiger partial charge is 0.462 e. The minimum atomic E-state index is -4.34. The quantitative estimate of drug-likeness (QED) is 0.270. The smallest absolute Gasteiger partial charge is 0.338 e. The number of esters is 1. The van der Waals surface area contributed by atoms with Crippen molar-refractivity contribution < 1.29 is 27.5 Å². The zero-order valence-corrected chi connectivity index (χ0v) is 22.7. The molecule has 0 aromatic heterocycles. The SMILES string of the molecule is CCOC(=O)c1ccc(N2C(=O)CC(N(CCc3ccccc3)S(=O)(=O)c3cc(Cl)ccc3Cl)C2=O)cc1. The maximum absolute atomic E-state index is 13.8. The molecule has 1 saturated heterocycles. The van der Waals surface area contributed by atoms with Crippen LogP contribution in [0.25, 0.3) is 0 Å². The molecule has 0 radical (unpaired) electrons. The molecule has 4 rings (SSSR count). The van der Waals surface area contributed by atoms with E-state index in [1.807, 2.05) is 30.3 Å². The molecule has 11 heteroatoms. The maximum atomic E-state index is 13.8. The van der Waals surface area contributed by atoms with E-state index >= 15 is 0 Å². The molecule has 38 heavy (non-hydrogen) atoms. The van der Waals surface area contributed by atoms with Gasteiger partial charge in [0.25, 0.3) is 5.91 Å². The Bertz CT molecular complexity index is 1460. The predicted molar refractivity (Wildman–Crippen MR) is 144 cm³/mol. The van der Waals surface area contributed by atoms with Gasteiger partial charge in [0.05, 0.1) is 29.3 Å². The van der Waals surface area contributed by atoms with Crippen LogP contribution in [0.1, 0.15) is 29.3 Å². The summed E-state index contributed by atoms with van der Waals surface area (Å²) < 4.78 is 33.7. The van der Waals surface area contributed by atoms with E-state index in [0.29, 0.717) is 6.42 Å². The molecule has 3 aromatic rings. The van der Waals surface area contributed by atoms with Crippen LogP contribution in [0, 0.1) is 0 Å². The van der Waals surface area contributed by atoms with Gasteiger partial charge in [0.1, 0.15) is 10.9 Å². The van der Waals surface area contributed by atoms with Crippen LogP contribution in [-0.2, 0) is 30.8 Å². The highest BCUT2D eigenvalue weighted by atomic mass is 35.5. The molecule has 3 aromatic carbocycles. The summed E-state index contributed by atoms with van der Waals surface area (Å²) in [6, 6.07) is 17.7. The van der Waals surface area contributed by atoms with Crippen molar-refractivity contribution in [2.45, 2.75) is 30.7 Å². The normalized spacial score (nSPS) is 15.8. The van der Waals surface area contributed by atoms with Crippen LogP contribution in [0.4, 0.5) is 5.69 Å². The number of sulfonamides is 1. The summed E-state index contributed by atoms with van der Waals surface area (Å²) in [7, 11) is -4.34. The summed E-state index contributed by atoms with van der Waals surface area (Å²) in [6.07, 6.45) is -0.0604. The molecule has 1 aliphatic heterocycles. The van der Waals surface area contributed by atoms with Crippen molar-refractivity contribution in [2.24, 2.45) is 0 Å². The highest BCUT2D eigenvalue weighted by Gasteiger charge is 2.47. The number of benzene rings is 3. The van der Waals surface area contributed by atoms with Gasteiger partial charge in [0.2, 0.25) is 15.9 Å². The molecule has 198 valence electrons. The first-order chi connectivity index (χ1) is 18.1. The minimum absolute atomic E-state index is 0.0534. The Morgan fingerprint density at radius 3 is 2.37 bits per heavy atom. The zero-order chi connectivity index (χ0) is 27.4. The van der Waals surface area contributed by atoms with E-state index in [-0.39, 0.29) is 45.8 Å². The average Bonchev–Trinajstić information content (AvgIpc) is 3.19. The lowest BCUT2D eigenvalue weighted by atomic mass is 10.1. The van der Waals surface area contributed by atoms with Crippen molar-refractivity contribution in [1.29, 1.82) is 0 Å². The van der Waals surface area contributed by atoms with Gasteiger partial charge in [-0.05, 0) is 61.4 Å². The van der Waals surface area contributed by atoms with Crippen LogP contribution in [0.3, 0.4) is 0 Å². The van der Waals surface area contributed by atoms with Crippen molar-refractivity contribution >= 4 is 56.7 Å². The minimum Gasteiger partial charge on any atom is -0.462 e. The van der Waals surface area contributed by atoms with Crippen LogP contribution >= 0.6 is 23.2 Å². The molecule has 0 spiro atoms. The average molecular weight is 575 g/mol. The van der Waals surface area contributed by atoms with E-state index in [0.717, 1.165) is 14.8 Å². The highest BCUT2D eigenvalue weighted by Crippen LogP contribution is 2.33. The molecule has 1 aliphatic rings. The molecule has 1 atom stereocenters. The molecule has 1 heterocycles. The number of halogens is 2. The number of carbonyl (C=O) groups excluding carboxylic acids is 3. The molecule has 0 N–H and O–H groups in total. The summed E-state index contributed by atoms with van der Waals surface area (Å²) >= 11 is 12.3. The number of carbonyl (C=O) groups is 3. The van der Waals surface area contributed by atoms with E-state index in [2.05, 4.69) is 0 Å². The van der Waals surface area contributed by atoms with Gasteiger partial charge in [-0.3, -0.25) is 9.59 Å². The lowest BCUT2D eigenvalue weighted by molar-refractivity contribution is -0.122. The second-order valence-electron chi connectivity index (χ2n) is 8.48. The Kier molecular flexibility index (Phi) is 8.52. The van der Waals surface area contributed by atoms with Crippen molar-refractivity contribution in [3.05, 3.63) is 94.0 Å². The predicted octanol–water partition coefficient (Wildman–Crippen LogP) is 4.74. The Morgan fingerprint density at radius 1 is 1.03 bits per heavy atom. The molecular formula is C27H24Cl2N2O6S. The molecule has 8 nitrogen and oxygen atoms in total. The topological polar surface area (TPSA) is 101 Å². The van der Waals surface area contributed by atoms with E-state index in [9.17, 15) is 22.8 Å². The Morgan fingerprint density at radius 2 is 1.71 bits per heavy atom. The van der Waals surface area contributed by atoms with Crippen molar-refractivity contribution in [2.75, 3.05) is 18.1 Å². The van der Waals surface area contributed by atoms with Crippen LogP contribution < -0.4 is 4.90 Å². The fourth-order valence-corrected chi connectivity index (χ4v) is 6.52. The van der Waals surface area contributed by atoms with Crippen LogP contribution in [0.5, 0.6) is 0 Å². The second-order valence-corrected chi connectivity index (χ2v) is 11.2. The Hall–Kier alpha value is -3.24. The van der Waals surface area contributed by atoms with E-state index < -0.39 is 33.8 Å². The maximum Gasteiger partial charge on any atom is 0.338 e. The summed E-state index contributed by atoms with van der Waals surface area (Å²) in [5, 5.41) is 0.107. The van der Waals surface area contributed by atoms with Gasteiger partial charge < -0.3 is 4.74 Å². The van der Waals surface area contributed by atoms with Crippen LogP contribution in [0.15, 0.2) is 77.7 Å². The van der Waals surface area contributed by atoms with E-state index in [4.69, 9.17) is 27.9 Å². The van der Waals surface area contributed by atoms with Gasteiger partial charge in [-0.1, -0.05) is 53.5 Å². The number of hydrogen-bond acceptors (Lipinski definition) is 6. The molecule has 0 aliphatic carbocycles. The number of anilines is 1. The van der Waals surface area contributed by atoms with Gasteiger partial charge in [0.15, 0.2) is 0 Å². The van der Waals surface area contributed by atoms with Crippen LogP contribution in [-0.4, -0.2) is 49.7 Å². The number of imide groups is 1. The lowest BCUT2D eigenvalue weighted by Gasteiger charge is -2.27. The van der Waals surface area contributed by atoms with Gasteiger partial charge in [-0.25, -0.2) is 18.1 Å². The molecule has 0 bridgehead atoms. The van der Waals surface area contributed by atoms with Gasteiger partial charge >= 0.3 is 5.97 Å². The van der Waals surface area contributed by atoms with E-state index in [1.54, 1.807) is 6.92 Å². The fraction of sp³-hybridized carbons (Fsp3) is 0.222. The first-order valence-corrected chi connectivity index (χ1v) is 14.0. The second kappa shape index (κ2) is 11.7. The first-order valence-electron chi connectivity index (χ1n) is 11.8. The van der Waals surface area contributed by atoms with E-state index in [1.165, 1.54) is 42.5 Å². The highest BCUT2D eigenvalue weighted by molar-refractivity contribution is 7.89. The third kappa shape index (κ3) is 5.76. The number of amides is 2. The summed E-state index contributed by atoms with van der Waals surface area (Å²) in [5.41, 5.74) is 1.33. The monoisotopic (exact) mass is 574 g/mol. The number of nitrogens with zero attached hydrogens (tertiary/aromatic N) is 2. The van der Waals surface area contributed by atoms with Gasteiger partial charge in [-0.2, -0.15) is 4.31 Å². The molecule has 1 unspecified atom stereocenters. The third-order valence-electron chi connectivity index (χ3n) is 6.05. The van der Waals surface area contributed by atoms with Crippen LogP contribution in [0.2, 0.25) is 10.0 Å². The standard InChI is InChI=1S/C27H24Cl2N2O6S/c1-2-37-27(34)19-8-11-21(12-9-19)31-25(32)17-23(26(31)33)30(15-14-18-6-4-3-5-7-18)38(35,36)24-16-20(28)10-13-22(24)29/h3-13,16,23H,2,14-15,17H2,1H3. The van der Waals surface area contributed by atoms with Crippen molar-refractivity contribution in [3.63, 3.8) is 0 Å². The first kappa shape index (κ1) is 27.8. The number of rotatable bonds is 9. The summed E-state index contributed by atoms with van der Waals surface area (Å²) in [4.78, 5) is 39.2. The zero-order valence-electron chi connectivity index (χ0n) is 20.3. The fourth-order valence-electron chi connectivity index (χ4n) is 4.20. The number of hydrogen-bond donors (Lipinski definition) is 0. The van der Waals surface area contributed by atoms with Crippen molar-refractivity contribution in [1.82, 2.24) is 4.31 Å². The number of ether oxygens (including phenoxy) is 1. The molecule has 0 saturated carbocycles. The van der Waals surface area contributed by atoms with Crippen molar-refractivity contribution in [3.8, 4) is 0 Å². The summed E-state index contributed by atoms with van der Waals surface area (Å²) in [6.45, 7) is 1.81. The van der Waals surface area contributed by atoms with Gasteiger partial charge in [-0.15, -0.1) is 0 Å². The molecule has 1 fully saturated rings. The Labute approximate surface area is 230 Å². The Balaban J connectivity index is 1.68.